The number of hydrogen-bond acceptors (Lipinski definition) is 6. The van der Waals surface area contributed by atoms with Gasteiger partial charge in [0.05, 0.1) is 35.5 Å². The number of alkyl halides is 3. The molecule has 228 valence electrons. The molecule has 3 aliphatic rings. The van der Waals surface area contributed by atoms with Crippen LogP contribution in [0.5, 0.6) is 0 Å². The van der Waals surface area contributed by atoms with Crippen molar-refractivity contribution < 1.29 is 27.2 Å². The Kier molecular flexibility index (Phi) is 6.38. The standard InChI is InChI=1S/C30H28F4N8O2/c1-16(2)41-15-36-39-26(41)21-4-3-5-24(37-21)38-27(43)19-11-22-18(10-20(19)31)12-40(28(44)29(8-9-29)30(32,33)34)13-23-25(17-6-7-17)35-14-42(22)23/h3-5,10-11,14-17H,6-9,12-13H2,1-2H3,(H,37,38,43). The van der Waals surface area contributed by atoms with Crippen LogP contribution in [0.4, 0.5) is 23.4 Å². The Morgan fingerprint density at radius 3 is 2.55 bits per heavy atom. The summed E-state index contributed by atoms with van der Waals surface area (Å²) >= 11 is 0. The zero-order valence-corrected chi connectivity index (χ0v) is 23.9. The highest BCUT2D eigenvalue weighted by Crippen LogP contribution is 2.59. The normalized spacial score (nSPS) is 17.2. The number of aromatic nitrogens is 6. The number of benzene rings is 1. The van der Waals surface area contributed by atoms with E-state index in [4.69, 9.17) is 0 Å². The fourth-order valence-corrected chi connectivity index (χ4v) is 5.83. The second-order valence-corrected chi connectivity index (χ2v) is 11.9. The Hall–Kier alpha value is -4.62. The molecule has 2 aliphatic carbocycles. The first-order chi connectivity index (χ1) is 21.0. The Labute approximate surface area is 249 Å². The number of halogens is 4. The number of hydrogen-bond donors (Lipinski definition) is 1. The lowest BCUT2D eigenvalue weighted by Gasteiger charge is -2.27. The van der Waals surface area contributed by atoms with Gasteiger partial charge in [-0.1, -0.05) is 6.07 Å². The Bertz CT molecular complexity index is 1800. The topological polar surface area (TPSA) is 111 Å². The summed E-state index contributed by atoms with van der Waals surface area (Å²) in [5.41, 5.74) is -0.310. The molecule has 14 heteroatoms. The summed E-state index contributed by atoms with van der Waals surface area (Å²) in [6.07, 6.45) is -0.344. The average molecular weight is 609 g/mol. The van der Waals surface area contributed by atoms with Gasteiger partial charge in [-0.3, -0.25) is 9.59 Å². The first-order valence-corrected chi connectivity index (χ1v) is 14.4. The number of amides is 2. The fraction of sp³-hybridized carbons (Fsp3) is 0.400. The molecule has 1 aromatic carbocycles. The molecular formula is C30H28F4N8O2. The minimum Gasteiger partial charge on any atom is -0.332 e. The molecule has 7 rings (SSSR count). The molecule has 0 spiro atoms. The number of imidazole rings is 1. The van der Waals surface area contributed by atoms with Crippen molar-refractivity contribution in [3.63, 3.8) is 0 Å². The first kappa shape index (κ1) is 28.2. The van der Waals surface area contributed by atoms with E-state index in [1.165, 1.54) is 12.4 Å². The number of fused-ring (bicyclic) bond motifs is 3. The van der Waals surface area contributed by atoms with Crippen molar-refractivity contribution >= 4 is 17.6 Å². The largest absolute Gasteiger partial charge is 0.403 e. The van der Waals surface area contributed by atoms with Crippen molar-refractivity contribution in [1.82, 2.24) is 34.2 Å². The zero-order chi connectivity index (χ0) is 31.0. The number of carbonyl (C=O) groups is 2. The number of rotatable bonds is 6. The van der Waals surface area contributed by atoms with Crippen LogP contribution in [0.3, 0.4) is 0 Å². The molecule has 10 nitrogen and oxygen atoms in total. The van der Waals surface area contributed by atoms with E-state index in [0.29, 0.717) is 28.6 Å². The van der Waals surface area contributed by atoms with Crippen LogP contribution >= 0.6 is 0 Å². The lowest BCUT2D eigenvalue weighted by atomic mass is 10.0. The molecule has 3 aromatic heterocycles. The van der Waals surface area contributed by atoms with Crippen molar-refractivity contribution in [2.45, 2.75) is 70.8 Å². The third-order valence-electron chi connectivity index (χ3n) is 8.58. The van der Waals surface area contributed by atoms with Crippen molar-refractivity contribution in [2.75, 3.05) is 5.32 Å². The SMILES string of the molecule is CC(C)n1cnnc1-c1cccc(NC(=O)c2cc3c(cc2F)CN(C(=O)C2(C(F)(F)F)CC2)Cc2c(C4CC4)ncn2-3)n1. The predicted octanol–water partition coefficient (Wildman–Crippen LogP) is 5.56. The monoisotopic (exact) mass is 608 g/mol. The van der Waals surface area contributed by atoms with Gasteiger partial charge in [0.25, 0.3) is 5.91 Å². The van der Waals surface area contributed by atoms with Crippen LogP contribution < -0.4 is 5.32 Å². The molecule has 0 saturated heterocycles. The fourth-order valence-electron chi connectivity index (χ4n) is 5.83. The van der Waals surface area contributed by atoms with Gasteiger partial charge in [0, 0.05) is 18.5 Å². The van der Waals surface area contributed by atoms with Gasteiger partial charge >= 0.3 is 6.18 Å². The van der Waals surface area contributed by atoms with Crippen LogP contribution in [0.15, 0.2) is 43.0 Å². The summed E-state index contributed by atoms with van der Waals surface area (Å²) in [5.74, 6) is -1.86. The Balaban J connectivity index is 1.23. The molecule has 1 N–H and O–H groups in total. The summed E-state index contributed by atoms with van der Waals surface area (Å²) in [4.78, 5) is 36.9. The number of pyridine rings is 1. The molecule has 0 atom stereocenters. The van der Waals surface area contributed by atoms with E-state index in [0.717, 1.165) is 23.8 Å². The van der Waals surface area contributed by atoms with Gasteiger partial charge < -0.3 is 19.4 Å². The summed E-state index contributed by atoms with van der Waals surface area (Å²) in [5, 5.41) is 10.7. The maximum Gasteiger partial charge on any atom is 0.403 e. The van der Waals surface area contributed by atoms with Crippen LogP contribution in [0.2, 0.25) is 0 Å². The minimum absolute atomic E-state index is 0.0664. The highest BCUT2D eigenvalue weighted by Gasteiger charge is 2.69. The van der Waals surface area contributed by atoms with E-state index in [9.17, 15) is 22.8 Å². The first-order valence-electron chi connectivity index (χ1n) is 14.4. The lowest BCUT2D eigenvalue weighted by molar-refractivity contribution is -0.199. The van der Waals surface area contributed by atoms with Crippen molar-refractivity contribution in [1.29, 1.82) is 0 Å². The maximum absolute atomic E-state index is 15.6. The van der Waals surface area contributed by atoms with E-state index in [1.807, 2.05) is 18.4 Å². The third-order valence-corrected chi connectivity index (χ3v) is 8.58. The molecule has 2 fully saturated rings. The molecule has 1 aliphatic heterocycles. The van der Waals surface area contributed by atoms with Crippen LogP contribution in [-0.4, -0.2) is 52.2 Å². The Morgan fingerprint density at radius 2 is 1.86 bits per heavy atom. The molecule has 44 heavy (non-hydrogen) atoms. The van der Waals surface area contributed by atoms with Gasteiger partial charge in [0.2, 0.25) is 5.91 Å². The number of carbonyl (C=O) groups excluding carboxylic acids is 2. The van der Waals surface area contributed by atoms with E-state index in [1.54, 1.807) is 29.1 Å². The summed E-state index contributed by atoms with van der Waals surface area (Å²) in [6, 6.07) is 7.49. The van der Waals surface area contributed by atoms with Crippen LogP contribution in [0.1, 0.15) is 78.8 Å². The molecular weight excluding hydrogens is 580 g/mol. The van der Waals surface area contributed by atoms with Gasteiger partial charge in [0.1, 0.15) is 29.1 Å². The van der Waals surface area contributed by atoms with Crippen molar-refractivity contribution in [3.05, 3.63) is 71.3 Å². The van der Waals surface area contributed by atoms with Gasteiger partial charge in [-0.2, -0.15) is 13.2 Å². The second kappa shape index (κ2) is 9.96. The van der Waals surface area contributed by atoms with Gasteiger partial charge in [-0.15, -0.1) is 10.2 Å². The number of anilines is 1. The van der Waals surface area contributed by atoms with Crippen molar-refractivity contribution in [2.24, 2.45) is 5.41 Å². The summed E-state index contributed by atoms with van der Waals surface area (Å²) < 4.78 is 60.8. The number of nitrogens with zero attached hydrogens (tertiary/aromatic N) is 7. The summed E-state index contributed by atoms with van der Waals surface area (Å²) in [6.45, 7) is 3.59. The third kappa shape index (κ3) is 4.63. The van der Waals surface area contributed by atoms with Gasteiger partial charge in [-0.05, 0) is 69.4 Å². The smallest absolute Gasteiger partial charge is 0.332 e. The average Bonchev–Trinajstić information content (AvgIpc) is 3.90. The van der Waals surface area contributed by atoms with Crippen LogP contribution in [0, 0.1) is 11.2 Å². The van der Waals surface area contributed by atoms with Gasteiger partial charge in [-0.25, -0.2) is 14.4 Å². The van der Waals surface area contributed by atoms with Crippen molar-refractivity contribution in [3.8, 4) is 17.2 Å². The zero-order valence-electron chi connectivity index (χ0n) is 23.9. The molecule has 2 amide bonds. The summed E-state index contributed by atoms with van der Waals surface area (Å²) in [7, 11) is 0. The van der Waals surface area contributed by atoms with E-state index >= 15 is 4.39 Å². The quantitative estimate of drug-likeness (QED) is 0.287. The maximum atomic E-state index is 15.6. The molecule has 4 aromatic rings. The predicted molar refractivity (Wildman–Crippen MR) is 149 cm³/mol. The molecule has 2 saturated carbocycles. The lowest BCUT2D eigenvalue weighted by Crippen LogP contribution is -2.43. The highest BCUT2D eigenvalue weighted by atomic mass is 19.4. The van der Waals surface area contributed by atoms with Crippen LogP contribution in [-0.2, 0) is 17.9 Å². The highest BCUT2D eigenvalue weighted by molar-refractivity contribution is 6.04. The van der Waals surface area contributed by atoms with Gasteiger partial charge in [0.15, 0.2) is 5.82 Å². The van der Waals surface area contributed by atoms with E-state index in [-0.39, 0.29) is 54.8 Å². The molecule has 0 bridgehead atoms. The van der Waals surface area contributed by atoms with Crippen LogP contribution in [0.25, 0.3) is 17.2 Å². The molecule has 0 unspecified atom stereocenters. The number of nitrogens with one attached hydrogen (secondary N) is 1. The molecule has 4 heterocycles. The van der Waals surface area contributed by atoms with E-state index < -0.39 is 29.2 Å². The minimum atomic E-state index is -4.68. The Morgan fingerprint density at radius 1 is 1.09 bits per heavy atom. The second-order valence-electron chi connectivity index (χ2n) is 11.9. The molecule has 0 radical (unpaired) electrons. The van der Waals surface area contributed by atoms with E-state index in [2.05, 4.69) is 25.5 Å².